The van der Waals surface area contributed by atoms with Gasteiger partial charge in [0.2, 0.25) is 12.0 Å². The second-order valence-corrected chi connectivity index (χ2v) is 6.82. The van der Waals surface area contributed by atoms with Crippen molar-refractivity contribution in [2.45, 2.75) is 18.6 Å². The Morgan fingerprint density at radius 1 is 0.967 bits per heavy atom. The number of carbonyl (C=O) groups excluding carboxylic acids is 2. The number of carbonyl (C=O) groups is 2. The van der Waals surface area contributed by atoms with E-state index in [-0.39, 0.29) is 12.5 Å². The summed E-state index contributed by atoms with van der Waals surface area (Å²) in [4.78, 5) is 29.9. The number of hydrogen-bond donors (Lipinski definition) is 2. The average Bonchev–Trinajstić information content (AvgIpc) is 2.79. The zero-order valence-electron chi connectivity index (χ0n) is 16.2. The molecule has 1 unspecified atom stereocenters. The van der Waals surface area contributed by atoms with E-state index in [4.69, 9.17) is 9.47 Å². The number of ether oxygens (including phenoxy) is 2. The molecule has 2 amide bonds. The van der Waals surface area contributed by atoms with Crippen molar-refractivity contribution in [2.24, 2.45) is 0 Å². The van der Waals surface area contributed by atoms with Gasteiger partial charge in [-0.15, -0.1) is 0 Å². The van der Waals surface area contributed by atoms with Gasteiger partial charge in [-0.1, -0.05) is 48.5 Å². The number of anilines is 1. The van der Waals surface area contributed by atoms with E-state index in [1.54, 1.807) is 42.6 Å². The molecule has 1 aliphatic heterocycles. The molecule has 0 fully saturated rings. The monoisotopic (exact) mass is 403 g/mol. The first kappa shape index (κ1) is 19.4. The Kier molecular flexibility index (Phi) is 5.89. The normalized spacial score (nSPS) is 15.7. The molecule has 0 radical (unpaired) electrons. The lowest BCUT2D eigenvalue weighted by Crippen LogP contribution is -2.52. The number of pyridine rings is 1. The summed E-state index contributed by atoms with van der Waals surface area (Å²) in [6, 6.07) is 21.1. The van der Waals surface area contributed by atoms with Crippen LogP contribution in [-0.4, -0.2) is 35.6 Å². The highest BCUT2D eigenvalue weighted by molar-refractivity contribution is 5.97. The zero-order valence-corrected chi connectivity index (χ0v) is 16.2. The molecular formula is C23H21N3O4. The van der Waals surface area contributed by atoms with Gasteiger partial charge in [-0.05, 0) is 29.8 Å². The van der Waals surface area contributed by atoms with E-state index in [1.807, 2.05) is 36.4 Å². The number of benzene rings is 2. The Balaban J connectivity index is 1.47. The van der Waals surface area contributed by atoms with Crippen LogP contribution in [0.15, 0.2) is 79.0 Å². The standard InChI is InChI=1S/C23H21N3O4/c27-22(26-21-12-6-7-13-24-21)17(14-16-8-2-1-3-9-16)25-23(28)20-15-29-18-10-4-5-11-19(18)30-20/h1-13,17,20H,14-15H2,(H,25,28)(H,24,26,27)/t17-,20?/m1/s1. The molecule has 2 atom stereocenters. The Morgan fingerprint density at radius 2 is 1.70 bits per heavy atom. The van der Waals surface area contributed by atoms with E-state index in [0.29, 0.717) is 23.7 Å². The van der Waals surface area contributed by atoms with Gasteiger partial charge in [0.25, 0.3) is 5.91 Å². The molecule has 2 N–H and O–H groups in total. The topological polar surface area (TPSA) is 89.6 Å². The summed E-state index contributed by atoms with van der Waals surface area (Å²) in [6.07, 6.45) is 1.07. The van der Waals surface area contributed by atoms with Crippen LogP contribution >= 0.6 is 0 Å². The molecule has 0 aliphatic carbocycles. The van der Waals surface area contributed by atoms with E-state index in [2.05, 4.69) is 15.6 Å². The molecule has 0 saturated carbocycles. The van der Waals surface area contributed by atoms with E-state index >= 15 is 0 Å². The van der Waals surface area contributed by atoms with Crippen LogP contribution in [0.25, 0.3) is 0 Å². The molecule has 4 rings (SSSR count). The average molecular weight is 403 g/mol. The van der Waals surface area contributed by atoms with Crippen molar-refractivity contribution in [3.8, 4) is 11.5 Å². The smallest absolute Gasteiger partial charge is 0.265 e. The molecule has 2 aromatic carbocycles. The van der Waals surface area contributed by atoms with Crippen molar-refractivity contribution in [3.05, 3.63) is 84.6 Å². The summed E-state index contributed by atoms with van der Waals surface area (Å²) in [6.45, 7) is 0.0722. The third-order valence-corrected chi connectivity index (χ3v) is 4.63. The van der Waals surface area contributed by atoms with Gasteiger partial charge < -0.3 is 20.1 Å². The van der Waals surface area contributed by atoms with Crippen LogP contribution in [0.4, 0.5) is 5.82 Å². The minimum atomic E-state index is -0.846. The summed E-state index contributed by atoms with van der Waals surface area (Å²) in [5.74, 6) is 0.738. The number of amides is 2. The maximum absolute atomic E-state index is 12.9. The molecule has 0 saturated heterocycles. The second kappa shape index (κ2) is 9.09. The minimum Gasteiger partial charge on any atom is -0.485 e. The van der Waals surface area contributed by atoms with E-state index in [0.717, 1.165) is 5.56 Å². The van der Waals surface area contributed by atoms with Crippen LogP contribution in [-0.2, 0) is 16.0 Å². The minimum absolute atomic E-state index is 0.0722. The van der Waals surface area contributed by atoms with Crippen LogP contribution in [0.2, 0.25) is 0 Å². The van der Waals surface area contributed by atoms with Crippen molar-refractivity contribution in [1.82, 2.24) is 10.3 Å². The second-order valence-electron chi connectivity index (χ2n) is 6.82. The molecule has 3 aromatic rings. The lowest BCUT2D eigenvalue weighted by atomic mass is 10.0. The van der Waals surface area contributed by atoms with Crippen LogP contribution in [0.1, 0.15) is 5.56 Å². The van der Waals surface area contributed by atoms with Gasteiger partial charge in [-0.25, -0.2) is 4.98 Å². The largest absolute Gasteiger partial charge is 0.485 e. The maximum Gasteiger partial charge on any atom is 0.265 e. The fourth-order valence-corrected chi connectivity index (χ4v) is 3.12. The quantitative estimate of drug-likeness (QED) is 0.660. The fraction of sp³-hybridized carbons (Fsp3) is 0.174. The Morgan fingerprint density at radius 3 is 2.47 bits per heavy atom. The number of para-hydroxylation sites is 2. The predicted octanol–water partition coefficient (Wildman–Crippen LogP) is 2.59. The van der Waals surface area contributed by atoms with Crippen LogP contribution in [0, 0.1) is 0 Å². The lowest BCUT2D eigenvalue weighted by Gasteiger charge is -2.27. The van der Waals surface area contributed by atoms with Crippen molar-refractivity contribution in [2.75, 3.05) is 11.9 Å². The molecule has 1 aliphatic rings. The molecular weight excluding hydrogens is 382 g/mol. The van der Waals surface area contributed by atoms with E-state index in [9.17, 15) is 9.59 Å². The van der Waals surface area contributed by atoms with Gasteiger partial charge in [-0.3, -0.25) is 9.59 Å². The first-order valence-electron chi connectivity index (χ1n) is 9.64. The summed E-state index contributed by atoms with van der Waals surface area (Å²) >= 11 is 0. The van der Waals surface area contributed by atoms with Gasteiger partial charge in [0.05, 0.1) is 0 Å². The molecule has 7 heteroatoms. The summed E-state index contributed by atoms with van der Waals surface area (Å²) < 4.78 is 11.4. The molecule has 2 heterocycles. The summed E-state index contributed by atoms with van der Waals surface area (Å²) in [5.41, 5.74) is 0.921. The van der Waals surface area contributed by atoms with E-state index in [1.165, 1.54) is 0 Å². The van der Waals surface area contributed by atoms with Crippen molar-refractivity contribution in [3.63, 3.8) is 0 Å². The molecule has 0 spiro atoms. The number of fused-ring (bicyclic) bond motifs is 1. The van der Waals surface area contributed by atoms with Crippen LogP contribution in [0.3, 0.4) is 0 Å². The first-order chi connectivity index (χ1) is 14.7. The number of nitrogens with zero attached hydrogens (tertiary/aromatic N) is 1. The number of aromatic nitrogens is 1. The molecule has 0 bridgehead atoms. The highest BCUT2D eigenvalue weighted by atomic mass is 16.6. The van der Waals surface area contributed by atoms with Gasteiger partial charge in [0.15, 0.2) is 11.5 Å². The Labute approximate surface area is 174 Å². The highest BCUT2D eigenvalue weighted by Gasteiger charge is 2.31. The van der Waals surface area contributed by atoms with Gasteiger partial charge in [0.1, 0.15) is 18.5 Å². The van der Waals surface area contributed by atoms with Crippen molar-refractivity contribution in [1.29, 1.82) is 0 Å². The number of nitrogens with one attached hydrogen (secondary N) is 2. The lowest BCUT2D eigenvalue weighted by molar-refractivity contribution is -0.133. The van der Waals surface area contributed by atoms with E-state index < -0.39 is 18.1 Å². The Bertz CT molecular complexity index is 1010. The van der Waals surface area contributed by atoms with Gasteiger partial charge in [-0.2, -0.15) is 0 Å². The number of rotatable bonds is 6. The third kappa shape index (κ3) is 4.75. The van der Waals surface area contributed by atoms with Crippen molar-refractivity contribution >= 4 is 17.6 Å². The molecule has 7 nitrogen and oxygen atoms in total. The highest BCUT2D eigenvalue weighted by Crippen LogP contribution is 2.30. The van der Waals surface area contributed by atoms with Crippen LogP contribution in [0.5, 0.6) is 11.5 Å². The van der Waals surface area contributed by atoms with Crippen LogP contribution < -0.4 is 20.1 Å². The zero-order chi connectivity index (χ0) is 20.8. The third-order valence-electron chi connectivity index (χ3n) is 4.63. The summed E-state index contributed by atoms with van der Waals surface area (Å²) in [5, 5.41) is 5.55. The fourth-order valence-electron chi connectivity index (χ4n) is 3.12. The van der Waals surface area contributed by atoms with Gasteiger partial charge in [0, 0.05) is 12.6 Å². The van der Waals surface area contributed by atoms with Gasteiger partial charge >= 0.3 is 0 Å². The SMILES string of the molecule is O=C(N[C@H](Cc1ccccc1)C(=O)Nc1ccccn1)C1COc2ccccc2O1. The summed E-state index contributed by atoms with van der Waals surface area (Å²) in [7, 11) is 0. The predicted molar refractivity (Wildman–Crippen MR) is 111 cm³/mol. The maximum atomic E-state index is 12.9. The first-order valence-corrected chi connectivity index (χ1v) is 9.64. The number of hydrogen-bond acceptors (Lipinski definition) is 5. The van der Waals surface area contributed by atoms with Crippen molar-refractivity contribution < 1.29 is 19.1 Å². The molecule has 1 aromatic heterocycles. The molecule has 30 heavy (non-hydrogen) atoms. The molecule has 152 valence electrons. The Hall–Kier alpha value is -3.87.